The van der Waals surface area contributed by atoms with Crippen molar-refractivity contribution >= 4 is 22.5 Å². The normalized spacial score (nSPS) is 14.5. The van der Waals surface area contributed by atoms with E-state index in [1.165, 1.54) is 18.4 Å². The van der Waals surface area contributed by atoms with Crippen molar-refractivity contribution in [2.75, 3.05) is 0 Å². The molecule has 1 aliphatic carbocycles. The van der Waals surface area contributed by atoms with Crippen LogP contribution in [0.15, 0.2) is 47.3 Å². The van der Waals surface area contributed by atoms with Crippen LogP contribution in [-0.4, -0.2) is 9.55 Å². The van der Waals surface area contributed by atoms with Gasteiger partial charge in [-0.15, -0.1) is 0 Å². The summed E-state index contributed by atoms with van der Waals surface area (Å²) in [7, 11) is 0. The van der Waals surface area contributed by atoms with Crippen molar-refractivity contribution in [1.82, 2.24) is 9.55 Å². The van der Waals surface area contributed by atoms with Gasteiger partial charge in [0.1, 0.15) is 0 Å². The maximum absolute atomic E-state index is 12.5. The Hall–Kier alpha value is -2.13. The standard InChI is InChI=1S/C18H15ClN2O/c1-11-14-9-8-13(12-6-7-12)10-17(14)21(18(22)20-11)16-5-3-2-4-15(16)19/h2-5,8-10,12H,6-7H2,1H3. The van der Waals surface area contributed by atoms with Gasteiger partial charge in [-0.3, -0.25) is 4.57 Å². The molecule has 1 aromatic heterocycles. The topological polar surface area (TPSA) is 34.9 Å². The van der Waals surface area contributed by atoms with Crippen LogP contribution in [0.5, 0.6) is 0 Å². The summed E-state index contributed by atoms with van der Waals surface area (Å²) < 4.78 is 1.62. The molecule has 1 aliphatic rings. The average Bonchev–Trinajstić information content (AvgIpc) is 3.33. The predicted octanol–water partition coefficient (Wildman–Crippen LogP) is 4.22. The highest BCUT2D eigenvalue weighted by Crippen LogP contribution is 2.41. The van der Waals surface area contributed by atoms with Crippen molar-refractivity contribution in [3.05, 3.63) is 69.2 Å². The Balaban J connectivity index is 2.10. The smallest absolute Gasteiger partial charge is 0.259 e. The Bertz CT molecular complexity index is 941. The number of halogens is 1. The van der Waals surface area contributed by atoms with Crippen molar-refractivity contribution in [1.29, 1.82) is 0 Å². The number of fused-ring (bicyclic) bond motifs is 1. The van der Waals surface area contributed by atoms with Gasteiger partial charge in [-0.25, -0.2) is 4.79 Å². The molecule has 1 saturated carbocycles. The molecule has 4 heteroatoms. The lowest BCUT2D eigenvalue weighted by Crippen LogP contribution is -2.23. The van der Waals surface area contributed by atoms with Gasteiger partial charge in [-0.1, -0.05) is 35.9 Å². The molecule has 1 fully saturated rings. The van der Waals surface area contributed by atoms with Gasteiger partial charge in [0.25, 0.3) is 0 Å². The van der Waals surface area contributed by atoms with Crippen LogP contribution >= 0.6 is 11.6 Å². The fraction of sp³-hybridized carbons (Fsp3) is 0.222. The van der Waals surface area contributed by atoms with Crippen LogP contribution in [0, 0.1) is 6.92 Å². The Morgan fingerprint density at radius 1 is 1.18 bits per heavy atom. The van der Waals surface area contributed by atoms with Crippen molar-refractivity contribution in [2.45, 2.75) is 25.7 Å². The van der Waals surface area contributed by atoms with Gasteiger partial charge in [-0.2, -0.15) is 4.98 Å². The van der Waals surface area contributed by atoms with Crippen LogP contribution in [0.4, 0.5) is 0 Å². The first-order valence-electron chi connectivity index (χ1n) is 7.43. The number of hydrogen-bond acceptors (Lipinski definition) is 2. The van der Waals surface area contributed by atoms with Gasteiger partial charge in [0, 0.05) is 5.39 Å². The van der Waals surface area contributed by atoms with E-state index in [4.69, 9.17) is 11.6 Å². The SMILES string of the molecule is Cc1nc(=O)n(-c2ccccc2Cl)c2cc(C3CC3)ccc12. The maximum Gasteiger partial charge on any atom is 0.352 e. The third-order valence-corrected chi connectivity index (χ3v) is 4.57. The Morgan fingerprint density at radius 2 is 1.95 bits per heavy atom. The monoisotopic (exact) mass is 310 g/mol. The molecule has 0 bridgehead atoms. The van der Waals surface area contributed by atoms with Crippen LogP contribution in [0.3, 0.4) is 0 Å². The summed E-state index contributed by atoms with van der Waals surface area (Å²) in [5, 5.41) is 1.54. The minimum absolute atomic E-state index is 0.286. The highest BCUT2D eigenvalue weighted by molar-refractivity contribution is 6.32. The molecule has 0 aliphatic heterocycles. The van der Waals surface area contributed by atoms with E-state index in [0.717, 1.165) is 16.6 Å². The van der Waals surface area contributed by atoms with Crippen molar-refractivity contribution < 1.29 is 0 Å². The van der Waals surface area contributed by atoms with Gasteiger partial charge in [0.15, 0.2) is 0 Å². The van der Waals surface area contributed by atoms with Gasteiger partial charge < -0.3 is 0 Å². The summed E-state index contributed by atoms with van der Waals surface area (Å²) >= 11 is 6.30. The van der Waals surface area contributed by atoms with Gasteiger partial charge >= 0.3 is 5.69 Å². The van der Waals surface area contributed by atoms with E-state index in [0.29, 0.717) is 16.6 Å². The summed E-state index contributed by atoms with van der Waals surface area (Å²) in [5.41, 5.74) is 3.32. The molecule has 3 nitrogen and oxygen atoms in total. The van der Waals surface area contributed by atoms with Crippen LogP contribution in [0.25, 0.3) is 16.6 Å². The zero-order chi connectivity index (χ0) is 15.3. The van der Waals surface area contributed by atoms with E-state index in [1.807, 2.05) is 25.1 Å². The number of benzene rings is 2. The predicted molar refractivity (Wildman–Crippen MR) is 89.1 cm³/mol. The van der Waals surface area contributed by atoms with Crippen molar-refractivity contribution in [3.8, 4) is 5.69 Å². The molecule has 4 rings (SSSR count). The number of nitrogens with zero attached hydrogens (tertiary/aromatic N) is 2. The van der Waals surface area contributed by atoms with E-state index in [2.05, 4.69) is 23.2 Å². The number of rotatable bonds is 2. The Labute approximate surface area is 133 Å². The molecule has 110 valence electrons. The molecule has 0 unspecified atom stereocenters. The van der Waals surface area contributed by atoms with E-state index >= 15 is 0 Å². The maximum atomic E-state index is 12.5. The number of aryl methyl sites for hydroxylation is 1. The fourth-order valence-corrected chi connectivity index (χ4v) is 3.15. The number of aromatic nitrogens is 2. The largest absolute Gasteiger partial charge is 0.352 e. The minimum atomic E-state index is -0.286. The third kappa shape index (κ3) is 2.13. The molecule has 0 spiro atoms. The average molecular weight is 311 g/mol. The molecule has 2 aromatic carbocycles. The Morgan fingerprint density at radius 3 is 2.68 bits per heavy atom. The Kier molecular flexibility index (Phi) is 3.05. The third-order valence-electron chi connectivity index (χ3n) is 4.25. The van der Waals surface area contributed by atoms with Gasteiger partial charge in [0.05, 0.1) is 21.9 Å². The van der Waals surface area contributed by atoms with Crippen LogP contribution < -0.4 is 5.69 Å². The molecule has 0 radical (unpaired) electrons. The quantitative estimate of drug-likeness (QED) is 0.710. The summed E-state index contributed by atoms with van der Waals surface area (Å²) in [4.78, 5) is 16.7. The van der Waals surface area contributed by atoms with E-state index in [-0.39, 0.29) is 5.69 Å². The second-order valence-corrected chi connectivity index (χ2v) is 6.22. The first-order chi connectivity index (χ1) is 10.6. The molecule has 0 amide bonds. The highest BCUT2D eigenvalue weighted by atomic mass is 35.5. The number of para-hydroxylation sites is 1. The first-order valence-corrected chi connectivity index (χ1v) is 7.81. The molecule has 0 atom stereocenters. The lowest BCUT2D eigenvalue weighted by atomic mass is 10.1. The molecule has 22 heavy (non-hydrogen) atoms. The van der Waals surface area contributed by atoms with Gasteiger partial charge in [-0.05, 0) is 49.4 Å². The zero-order valence-corrected chi connectivity index (χ0v) is 13.0. The first kappa shape index (κ1) is 13.5. The second kappa shape index (κ2) is 4.96. The summed E-state index contributed by atoms with van der Waals surface area (Å²) in [6, 6.07) is 13.7. The van der Waals surface area contributed by atoms with E-state index in [1.54, 1.807) is 10.6 Å². The molecular formula is C18H15ClN2O. The van der Waals surface area contributed by atoms with E-state index in [9.17, 15) is 4.79 Å². The second-order valence-electron chi connectivity index (χ2n) is 5.82. The lowest BCUT2D eigenvalue weighted by molar-refractivity contribution is 0.937. The minimum Gasteiger partial charge on any atom is -0.259 e. The molecule has 0 saturated heterocycles. The highest BCUT2D eigenvalue weighted by Gasteiger charge is 2.24. The van der Waals surface area contributed by atoms with Gasteiger partial charge in [0.2, 0.25) is 0 Å². The molecule has 0 N–H and O–H groups in total. The van der Waals surface area contributed by atoms with Crippen LogP contribution in [-0.2, 0) is 0 Å². The van der Waals surface area contributed by atoms with Crippen LogP contribution in [0.2, 0.25) is 5.02 Å². The van der Waals surface area contributed by atoms with Crippen molar-refractivity contribution in [2.24, 2.45) is 0 Å². The fourth-order valence-electron chi connectivity index (χ4n) is 2.93. The summed E-state index contributed by atoms with van der Waals surface area (Å²) in [6.07, 6.45) is 2.46. The van der Waals surface area contributed by atoms with E-state index < -0.39 is 0 Å². The zero-order valence-electron chi connectivity index (χ0n) is 12.2. The summed E-state index contributed by atoms with van der Waals surface area (Å²) in [5.74, 6) is 0.632. The molecule has 1 heterocycles. The molecule has 3 aromatic rings. The summed E-state index contributed by atoms with van der Waals surface area (Å²) in [6.45, 7) is 1.87. The lowest BCUT2D eigenvalue weighted by Gasteiger charge is -2.13. The van der Waals surface area contributed by atoms with Crippen molar-refractivity contribution in [3.63, 3.8) is 0 Å². The van der Waals surface area contributed by atoms with Crippen LogP contribution in [0.1, 0.15) is 30.0 Å². The number of hydrogen-bond donors (Lipinski definition) is 0. The molecular weight excluding hydrogens is 296 g/mol.